The molecule has 1 aromatic rings. The van der Waals surface area contributed by atoms with Crippen molar-refractivity contribution >= 4 is 11.8 Å². The highest BCUT2D eigenvalue weighted by molar-refractivity contribution is 6.40. The van der Waals surface area contributed by atoms with E-state index in [0.29, 0.717) is 138 Å². The molecule has 0 aromatic heterocycles. The molecule has 0 bridgehead atoms. The molecule has 0 aliphatic heterocycles. The van der Waals surface area contributed by atoms with Crippen LogP contribution in [0.15, 0.2) is 30.3 Å². The van der Waals surface area contributed by atoms with Crippen molar-refractivity contribution in [3.63, 3.8) is 0 Å². The number of ether oxygens (including phenoxy) is 12. The minimum absolute atomic E-state index is 0.00179. The molecule has 60 heavy (non-hydrogen) atoms. The summed E-state index contributed by atoms with van der Waals surface area (Å²) >= 11 is 0. The van der Waals surface area contributed by atoms with Crippen LogP contribution in [0.1, 0.15) is 107 Å². The summed E-state index contributed by atoms with van der Waals surface area (Å²) in [5.41, 5.74) is 0.297. The van der Waals surface area contributed by atoms with Crippen LogP contribution < -0.4 is 0 Å². The molecule has 0 N–H and O–H groups in total. The summed E-state index contributed by atoms with van der Waals surface area (Å²) in [4.78, 5) is 23.7. The van der Waals surface area contributed by atoms with Gasteiger partial charge in [-0.15, -0.1) is 0 Å². The number of Topliss-reactive ketones (excluding diaryl/α,β-unsaturated/α-hetero) is 1. The van der Waals surface area contributed by atoms with Crippen molar-refractivity contribution in [2.75, 3.05) is 152 Å². The standard InChI is InChI=1S/C46H82O14/c1-2-3-4-5-6-7-8-9-10-11-12-13-14-18-21-49-22-23-50-24-25-51-26-27-52-28-29-53-30-31-54-32-33-55-34-35-56-36-37-57-38-39-58-40-41-59-42-43-60-46(48)45(47)44-19-16-15-17-20-44/h15-17,19-20H,2-14,18,21-43H2,1H3. The van der Waals surface area contributed by atoms with Gasteiger partial charge in [0.25, 0.3) is 5.78 Å². The van der Waals surface area contributed by atoms with Gasteiger partial charge < -0.3 is 56.8 Å². The zero-order valence-electron chi connectivity index (χ0n) is 37.3. The van der Waals surface area contributed by atoms with E-state index < -0.39 is 11.8 Å². The van der Waals surface area contributed by atoms with Gasteiger partial charge in [-0.25, -0.2) is 4.79 Å². The summed E-state index contributed by atoms with van der Waals surface area (Å²) in [5.74, 6) is -1.57. The van der Waals surface area contributed by atoms with E-state index in [2.05, 4.69) is 6.92 Å². The van der Waals surface area contributed by atoms with Crippen molar-refractivity contribution in [2.24, 2.45) is 0 Å². The summed E-state index contributed by atoms with van der Waals surface area (Å²) in [6.45, 7) is 13.2. The first-order valence-electron chi connectivity index (χ1n) is 22.9. The highest BCUT2D eigenvalue weighted by Crippen LogP contribution is 2.13. The Morgan fingerprint density at radius 3 is 0.867 bits per heavy atom. The van der Waals surface area contributed by atoms with Crippen molar-refractivity contribution in [1.29, 1.82) is 0 Å². The second-order valence-corrected chi connectivity index (χ2v) is 14.2. The first kappa shape index (κ1) is 55.9. The van der Waals surface area contributed by atoms with Crippen LogP contribution >= 0.6 is 0 Å². The lowest BCUT2D eigenvalue weighted by molar-refractivity contribution is -0.139. The predicted molar refractivity (Wildman–Crippen MR) is 231 cm³/mol. The topological polar surface area (TPSA) is 145 Å². The third kappa shape index (κ3) is 41.3. The molecule has 0 amide bonds. The minimum Gasteiger partial charge on any atom is -0.457 e. The van der Waals surface area contributed by atoms with E-state index in [0.717, 1.165) is 13.0 Å². The van der Waals surface area contributed by atoms with E-state index in [9.17, 15) is 9.59 Å². The maximum atomic E-state index is 11.9. The fraction of sp³-hybridized carbons (Fsp3) is 0.826. The van der Waals surface area contributed by atoms with Crippen molar-refractivity contribution in [2.45, 2.75) is 96.8 Å². The monoisotopic (exact) mass is 859 g/mol. The van der Waals surface area contributed by atoms with Gasteiger partial charge in [0.2, 0.25) is 0 Å². The Labute approximate surface area is 362 Å². The molecule has 0 unspecified atom stereocenters. The van der Waals surface area contributed by atoms with Crippen molar-refractivity contribution in [3.05, 3.63) is 35.9 Å². The van der Waals surface area contributed by atoms with Crippen LogP contribution in [0.5, 0.6) is 0 Å². The second-order valence-electron chi connectivity index (χ2n) is 14.2. The van der Waals surface area contributed by atoms with Gasteiger partial charge in [-0.3, -0.25) is 4.79 Å². The van der Waals surface area contributed by atoms with Gasteiger partial charge in [-0.05, 0) is 6.42 Å². The van der Waals surface area contributed by atoms with E-state index >= 15 is 0 Å². The van der Waals surface area contributed by atoms with Crippen molar-refractivity contribution in [3.8, 4) is 0 Å². The Hall–Kier alpha value is -2.08. The normalized spacial score (nSPS) is 11.4. The SMILES string of the molecule is CCCCCCCCCCCCCCCCOCCOCCOCCOCCOCCOCCOCCOCCOCCOCCOCCOC(=O)C(=O)c1ccccc1. The van der Waals surface area contributed by atoms with Gasteiger partial charge in [0.05, 0.1) is 139 Å². The van der Waals surface area contributed by atoms with Crippen LogP contribution in [-0.4, -0.2) is 164 Å². The Bertz CT molecular complexity index is 1020. The quantitative estimate of drug-likeness (QED) is 0.0285. The van der Waals surface area contributed by atoms with Gasteiger partial charge in [0, 0.05) is 12.2 Å². The molecular formula is C46H82O14. The van der Waals surface area contributed by atoms with Gasteiger partial charge in [-0.1, -0.05) is 121 Å². The summed E-state index contributed by atoms with van der Waals surface area (Å²) in [6.07, 6.45) is 19.2. The zero-order valence-corrected chi connectivity index (χ0v) is 37.3. The number of carbonyl (C=O) groups excluding carboxylic acids is 2. The number of unbranched alkanes of at least 4 members (excludes halogenated alkanes) is 13. The van der Waals surface area contributed by atoms with E-state index in [1.807, 2.05) is 0 Å². The molecule has 14 nitrogen and oxygen atoms in total. The highest BCUT2D eigenvalue weighted by atomic mass is 16.6. The van der Waals surface area contributed by atoms with Gasteiger partial charge in [0.15, 0.2) is 0 Å². The number of carbonyl (C=O) groups is 2. The molecule has 0 aliphatic carbocycles. The molecule has 1 rings (SSSR count). The van der Waals surface area contributed by atoms with E-state index in [4.69, 9.17) is 56.8 Å². The third-order valence-corrected chi connectivity index (χ3v) is 9.04. The van der Waals surface area contributed by atoms with Crippen LogP contribution in [0.3, 0.4) is 0 Å². The number of rotatable bonds is 50. The first-order chi connectivity index (χ1) is 29.8. The number of benzene rings is 1. The molecular weight excluding hydrogens is 776 g/mol. The number of hydrogen-bond donors (Lipinski definition) is 0. The lowest BCUT2D eigenvalue weighted by Gasteiger charge is -2.09. The van der Waals surface area contributed by atoms with Crippen LogP contribution in [-0.2, 0) is 61.6 Å². The molecule has 1 aromatic carbocycles. The lowest BCUT2D eigenvalue weighted by Crippen LogP contribution is -2.20. The van der Waals surface area contributed by atoms with E-state index in [1.165, 1.54) is 83.5 Å². The molecule has 0 fully saturated rings. The molecule has 14 heteroatoms. The molecule has 0 saturated heterocycles. The van der Waals surface area contributed by atoms with E-state index in [1.54, 1.807) is 30.3 Å². The van der Waals surface area contributed by atoms with Crippen LogP contribution in [0.4, 0.5) is 0 Å². The number of hydrogen-bond acceptors (Lipinski definition) is 14. The molecule has 0 atom stereocenters. The molecule has 0 radical (unpaired) electrons. The molecule has 0 saturated carbocycles. The smallest absolute Gasteiger partial charge is 0.379 e. The number of ketones is 1. The lowest BCUT2D eigenvalue weighted by atomic mass is 10.0. The maximum Gasteiger partial charge on any atom is 0.379 e. The summed E-state index contributed by atoms with van der Waals surface area (Å²) in [5, 5.41) is 0. The zero-order chi connectivity index (χ0) is 42.9. The number of esters is 1. The van der Waals surface area contributed by atoms with Gasteiger partial charge in [-0.2, -0.15) is 0 Å². The predicted octanol–water partition coefficient (Wildman–Crippen LogP) is 7.08. The fourth-order valence-corrected chi connectivity index (χ4v) is 5.67. The van der Waals surface area contributed by atoms with Gasteiger partial charge >= 0.3 is 5.97 Å². The van der Waals surface area contributed by atoms with Gasteiger partial charge in [0.1, 0.15) is 6.61 Å². The average Bonchev–Trinajstić information content (AvgIpc) is 3.27. The Kier molecular flexibility index (Phi) is 44.7. The second kappa shape index (κ2) is 48.0. The van der Waals surface area contributed by atoms with Crippen LogP contribution in [0.2, 0.25) is 0 Å². The molecule has 350 valence electrons. The third-order valence-electron chi connectivity index (χ3n) is 9.04. The van der Waals surface area contributed by atoms with Crippen molar-refractivity contribution in [1.82, 2.24) is 0 Å². The molecule has 0 aliphatic rings. The summed E-state index contributed by atoms with van der Waals surface area (Å²) in [6, 6.07) is 8.27. The van der Waals surface area contributed by atoms with E-state index in [-0.39, 0.29) is 13.2 Å². The minimum atomic E-state index is -0.895. The summed E-state index contributed by atoms with van der Waals surface area (Å²) < 4.78 is 65.5. The Morgan fingerprint density at radius 1 is 0.317 bits per heavy atom. The average molecular weight is 859 g/mol. The highest BCUT2D eigenvalue weighted by Gasteiger charge is 2.17. The Morgan fingerprint density at radius 2 is 0.567 bits per heavy atom. The molecule has 0 spiro atoms. The van der Waals surface area contributed by atoms with Crippen molar-refractivity contribution < 1.29 is 66.4 Å². The summed E-state index contributed by atoms with van der Waals surface area (Å²) in [7, 11) is 0. The molecule has 0 heterocycles. The maximum absolute atomic E-state index is 11.9. The largest absolute Gasteiger partial charge is 0.457 e. The van der Waals surface area contributed by atoms with Crippen LogP contribution in [0.25, 0.3) is 0 Å². The Balaban J connectivity index is 1.62. The van der Waals surface area contributed by atoms with Crippen LogP contribution in [0, 0.1) is 0 Å². The fourth-order valence-electron chi connectivity index (χ4n) is 5.67. The first-order valence-corrected chi connectivity index (χ1v) is 22.9.